The van der Waals surface area contributed by atoms with Crippen molar-refractivity contribution in [3.63, 3.8) is 0 Å². The maximum absolute atomic E-state index is 12.0. The maximum atomic E-state index is 12.0. The lowest BCUT2D eigenvalue weighted by Crippen LogP contribution is -2.39. The normalized spacial score (nSPS) is 24.9. The lowest BCUT2D eigenvalue weighted by Gasteiger charge is -2.21. The highest BCUT2D eigenvalue weighted by molar-refractivity contribution is 5.81. The first-order valence-corrected chi connectivity index (χ1v) is 5.94. The lowest BCUT2D eigenvalue weighted by molar-refractivity contribution is -0.137. The van der Waals surface area contributed by atoms with Gasteiger partial charge in [0.05, 0.1) is 12.2 Å². The van der Waals surface area contributed by atoms with Crippen molar-refractivity contribution in [1.29, 1.82) is 0 Å². The van der Waals surface area contributed by atoms with Crippen molar-refractivity contribution in [2.45, 2.75) is 25.2 Å². The molecule has 0 aliphatic carbocycles. The molecule has 5 nitrogen and oxygen atoms in total. The monoisotopic (exact) mass is 251 g/mol. The molecule has 5 heteroatoms. The molecule has 98 valence electrons. The molecule has 1 fully saturated rings. The van der Waals surface area contributed by atoms with Crippen molar-refractivity contribution >= 4 is 5.91 Å². The molecule has 3 atom stereocenters. The molecule has 1 aromatic rings. The van der Waals surface area contributed by atoms with Gasteiger partial charge in [-0.15, -0.1) is 0 Å². The predicted octanol–water partition coefficient (Wildman–Crippen LogP) is 0.0179. The Balaban J connectivity index is 1.93. The third kappa shape index (κ3) is 2.80. The Morgan fingerprint density at radius 2 is 1.83 bits per heavy atom. The summed E-state index contributed by atoms with van der Waals surface area (Å²) in [5.41, 5.74) is 0. The number of nitrogens with zero attached hydrogens (tertiary/aromatic N) is 1. The Labute approximate surface area is 106 Å². The molecule has 0 spiro atoms. The van der Waals surface area contributed by atoms with Crippen LogP contribution >= 0.6 is 0 Å². The number of β-amino-alcohol motifs (C(OH)–C–C–N with tert-alkyl or cyclic N) is 2. The van der Waals surface area contributed by atoms with E-state index in [0.717, 1.165) is 0 Å². The van der Waals surface area contributed by atoms with E-state index in [0.29, 0.717) is 5.75 Å². The van der Waals surface area contributed by atoms with Gasteiger partial charge in [-0.05, 0) is 19.1 Å². The van der Waals surface area contributed by atoms with Crippen LogP contribution in [0.15, 0.2) is 30.3 Å². The average molecular weight is 251 g/mol. The summed E-state index contributed by atoms with van der Waals surface area (Å²) in [6.45, 7) is 1.97. The van der Waals surface area contributed by atoms with Gasteiger partial charge < -0.3 is 19.8 Å². The molecule has 0 aromatic heterocycles. The lowest BCUT2D eigenvalue weighted by atomic mass is 10.3. The molecule has 1 saturated heterocycles. The van der Waals surface area contributed by atoms with Gasteiger partial charge in [0.25, 0.3) is 5.91 Å². The second-order valence-corrected chi connectivity index (χ2v) is 4.45. The Kier molecular flexibility index (Phi) is 3.84. The molecule has 1 amide bonds. The molecular weight excluding hydrogens is 234 g/mol. The van der Waals surface area contributed by atoms with Crippen LogP contribution in [-0.2, 0) is 4.79 Å². The van der Waals surface area contributed by atoms with Crippen molar-refractivity contribution in [2.75, 3.05) is 13.1 Å². The van der Waals surface area contributed by atoms with Gasteiger partial charge in [0.1, 0.15) is 5.75 Å². The summed E-state index contributed by atoms with van der Waals surface area (Å²) in [5, 5.41) is 18.8. The van der Waals surface area contributed by atoms with Crippen molar-refractivity contribution in [2.24, 2.45) is 0 Å². The van der Waals surface area contributed by atoms with E-state index in [1.54, 1.807) is 19.1 Å². The number of hydrogen-bond donors (Lipinski definition) is 2. The first-order valence-electron chi connectivity index (χ1n) is 5.94. The first-order chi connectivity index (χ1) is 8.58. The van der Waals surface area contributed by atoms with E-state index in [4.69, 9.17) is 4.74 Å². The van der Waals surface area contributed by atoms with Gasteiger partial charge in [0.2, 0.25) is 0 Å². The summed E-state index contributed by atoms with van der Waals surface area (Å²) in [4.78, 5) is 13.4. The van der Waals surface area contributed by atoms with Crippen LogP contribution < -0.4 is 4.74 Å². The van der Waals surface area contributed by atoms with E-state index in [-0.39, 0.29) is 19.0 Å². The fourth-order valence-corrected chi connectivity index (χ4v) is 1.96. The van der Waals surface area contributed by atoms with Gasteiger partial charge in [0, 0.05) is 13.1 Å². The fraction of sp³-hybridized carbons (Fsp3) is 0.462. The number of amides is 1. The van der Waals surface area contributed by atoms with Crippen molar-refractivity contribution in [3.8, 4) is 5.75 Å². The van der Waals surface area contributed by atoms with Crippen LogP contribution in [0.4, 0.5) is 0 Å². The minimum Gasteiger partial charge on any atom is -0.481 e. The summed E-state index contributed by atoms with van der Waals surface area (Å²) in [6, 6.07) is 9.08. The Morgan fingerprint density at radius 1 is 1.28 bits per heavy atom. The molecule has 1 aromatic carbocycles. The molecule has 0 saturated carbocycles. The molecule has 0 bridgehead atoms. The van der Waals surface area contributed by atoms with Crippen LogP contribution in [0.2, 0.25) is 0 Å². The SMILES string of the molecule is CC(Oc1ccccc1)C(=O)N1CC(O)C(O)C1. The van der Waals surface area contributed by atoms with Crippen LogP contribution in [0.25, 0.3) is 0 Å². The standard InChI is InChI=1S/C13H17NO4/c1-9(18-10-5-3-2-4-6-10)13(17)14-7-11(15)12(16)8-14/h2-6,9,11-12,15-16H,7-8H2,1H3. The minimum atomic E-state index is -0.863. The van der Waals surface area contributed by atoms with Gasteiger partial charge >= 0.3 is 0 Å². The Hall–Kier alpha value is -1.59. The fourth-order valence-electron chi connectivity index (χ4n) is 1.96. The van der Waals surface area contributed by atoms with Crippen LogP contribution in [0.3, 0.4) is 0 Å². The number of carbonyl (C=O) groups is 1. The zero-order valence-electron chi connectivity index (χ0n) is 10.2. The molecule has 1 heterocycles. The quantitative estimate of drug-likeness (QED) is 0.794. The van der Waals surface area contributed by atoms with Crippen LogP contribution in [0, 0.1) is 0 Å². The van der Waals surface area contributed by atoms with Crippen molar-refractivity contribution < 1.29 is 19.7 Å². The van der Waals surface area contributed by atoms with E-state index in [1.165, 1.54) is 4.90 Å². The first kappa shape index (κ1) is 12.9. The largest absolute Gasteiger partial charge is 0.481 e. The molecule has 18 heavy (non-hydrogen) atoms. The third-order valence-corrected chi connectivity index (χ3v) is 2.97. The number of aliphatic hydroxyl groups excluding tert-OH is 2. The summed E-state index contributed by atoms with van der Waals surface area (Å²) in [7, 11) is 0. The maximum Gasteiger partial charge on any atom is 0.263 e. The van der Waals surface area contributed by atoms with Gasteiger partial charge in [0.15, 0.2) is 6.10 Å². The minimum absolute atomic E-state index is 0.155. The number of benzene rings is 1. The molecule has 3 unspecified atom stereocenters. The molecule has 1 aliphatic rings. The molecule has 0 radical (unpaired) electrons. The third-order valence-electron chi connectivity index (χ3n) is 2.97. The number of likely N-dealkylation sites (tertiary alicyclic amines) is 1. The van der Waals surface area contributed by atoms with E-state index < -0.39 is 18.3 Å². The van der Waals surface area contributed by atoms with Gasteiger partial charge in [-0.1, -0.05) is 18.2 Å². The van der Waals surface area contributed by atoms with E-state index in [2.05, 4.69) is 0 Å². The second-order valence-electron chi connectivity index (χ2n) is 4.45. The highest BCUT2D eigenvalue weighted by atomic mass is 16.5. The van der Waals surface area contributed by atoms with Crippen LogP contribution in [0.5, 0.6) is 5.75 Å². The zero-order chi connectivity index (χ0) is 13.1. The van der Waals surface area contributed by atoms with Crippen LogP contribution in [0.1, 0.15) is 6.92 Å². The van der Waals surface area contributed by atoms with Gasteiger partial charge in [-0.3, -0.25) is 4.79 Å². The second kappa shape index (κ2) is 5.37. The van der Waals surface area contributed by atoms with Gasteiger partial charge in [-0.2, -0.15) is 0 Å². The zero-order valence-corrected chi connectivity index (χ0v) is 10.2. The van der Waals surface area contributed by atoms with Gasteiger partial charge in [-0.25, -0.2) is 0 Å². The smallest absolute Gasteiger partial charge is 0.263 e. The average Bonchev–Trinajstić information content (AvgIpc) is 2.70. The summed E-state index contributed by atoms with van der Waals surface area (Å²) < 4.78 is 5.50. The highest BCUT2D eigenvalue weighted by Gasteiger charge is 2.34. The number of hydrogen-bond acceptors (Lipinski definition) is 4. The number of aliphatic hydroxyl groups is 2. The predicted molar refractivity (Wildman–Crippen MR) is 65.1 cm³/mol. The summed E-state index contributed by atoms with van der Waals surface area (Å²) >= 11 is 0. The topological polar surface area (TPSA) is 70.0 Å². The van der Waals surface area contributed by atoms with Crippen LogP contribution in [-0.4, -0.2) is 52.4 Å². The number of para-hydroxylation sites is 1. The number of ether oxygens (including phenoxy) is 1. The molecule has 2 N–H and O–H groups in total. The summed E-state index contributed by atoms with van der Waals surface area (Å²) in [6.07, 6.45) is -2.36. The Bertz CT molecular complexity index is 399. The van der Waals surface area contributed by atoms with E-state index in [9.17, 15) is 15.0 Å². The number of carbonyl (C=O) groups excluding carboxylic acids is 1. The Morgan fingerprint density at radius 3 is 2.39 bits per heavy atom. The molecular formula is C13H17NO4. The summed E-state index contributed by atoms with van der Waals surface area (Å²) in [5.74, 6) is 0.396. The molecule has 1 aliphatic heterocycles. The highest BCUT2D eigenvalue weighted by Crippen LogP contribution is 2.15. The number of rotatable bonds is 3. The van der Waals surface area contributed by atoms with Crippen molar-refractivity contribution in [3.05, 3.63) is 30.3 Å². The van der Waals surface area contributed by atoms with E-state index in [1.807, 2.05) is 18.2 Å². The molecule has 2 rings (SSSR count). The van der Waals surface area contributed by atoms with E-state index >= 15 is 0 Å². The van der Waals surface area contributed by atoms with Crippen molar-refractivity contribution in [1.82, 2.24) is 4.90 Å².